The molecule has 1 aliphatic carbocycles. The molecule has 0 heterocycles. The Morgan fingerprint density at radius 1 is 0.771 bits per heavy atom. The lowest BCUT2D eigenvalue weighted by atomic mass is 9.82. The summed E-state index contributed by atoms with van der Waals surface area (Å²) >= 11 is 0. The van der Waals surface area contributed by atoms with Crippen molar-refractivity contribution in [1.29, 1.82) is 0 Å². The molecule has 4 rings (SSSR count). The molecule has 0 aliphatic heterocycles. The highest BCUT2D eigenvalue weighted by molar-refractivity contribution is 5.78. The standard InChI is InChI=1S/C28H26F6O/c1-2-3-4-5-6-7-17-8-10-20-18(14-17)9-11-23-22(20)13-12-21(26(23)31)19-15-24(29)27(25(30)16-19)35-28(32,33)34/h8,10,12-16H,2-7,9,11H2,1H3. The first kappa shape index (κ1) is 25.1. The minimum atomic E-state index is -5.25. The van der Waals surface area contributed by atoms with Gasteiger partial charge in [-0.05, 0) is 71.2 Å². The number of aryl methyl sites for hydroxylation is 2. The fraction of sp³-hybridized carbons (Fsp3) is 0.357. The summed E-state index contributed by atoms with van der Waals surface area (Å²) in [5.41, 5.74) is 4.21. The molecule has 0 bridgehead atoms. The van der Waals surface area contributed by atoms with Crippen LogP contribution >= 0.6 is 0 Å². The van der Waals surface area contributed by atoms with Crippen molar-refractivity contribution in [1.82, 2.24) is 0 Å². The summed E-state index contributed by atoms with van der Waals surface area (Å²) in [7, 11) is 0. The average molecular weight is 493 g/mol. The summed E-state index contributed by atoms with van der Waals surface area (Å²) in [6, 6.07) is 10.6. The van der Waals surface area contributed by atoms with Gasteiger partial charge in [0.1, 0.15) is 5.82 Å². The van der Waals surface area contributed by atoms with E-state index in [4.69, 9.17) is 0 Å². The van der Waals surface area contributed by atoms with Crippen LogP contribution in [-0.4, -0.2) is 6.36 Å². The number of unbranched alkanes of at least 4 members (excludes halogenated alkanes) is 4. The lowest BCUT2D eigenvalue weighted by Crippen LogP contribution is -2.19. The van der Waals surface area contributed by atoms with E-state index in [1.807, 2.05) is 6.07 Å². The Morgan fingerprint density at radius 3 is 2.11 bits per heavy atom. The van der Waals surface area contributed by atoms with E-state index in [0.717, 1.165) is 29.5 Å². The van der Waals surface area contributed by atoms with Gasteiger partial charge in [-0.1, -0.05) is 62.9 Å². The average Bonchev–Trinajstić information content (AvgIpc) is 2.80. The molecular formula is C28H26F6O. The second-order valence-corrected chi connectivity index (χ2v) is 8.93. The highest BCUT2D eigenvalue weighted by Gasteiger charge is 2.34. The van der Waals surface area contributed by atoms with E-state index in [0.29, 0.717) is 30.5 Å². The third-order valence-corrected chi connectivity index (χ3v) is 6.44. The van der Waals surface area contributed by atoms with Crippen molar-refractivity contribution < 1.29 is 31.1 Å². The van der Waals surface area contributed by atoms with E-state index in [9.17, 15) is 22.0 Å². The van der Waals surface area contributed by atoms with Crippen LogP contribution in [0.2, 0.25) is 0 Å². The summed E-state index contributed by atoms with van der Waals surface area (Å²) in [6.07, 6.45) is 2.83. The number of alkyl halides is 3. The van der Waals surface area contributed by atoms with Crippen LogP contribution in [0.15, 0.2) is 42.5 Å². The van der Waals surface area contributed by atoms with Gasteiger partial charge in [0.25, 0.3) is 0 Å². The molecule has 0 atom stereocenters. The van der Waals surface area contributed by atoms with Crippen LogP contribution in [0, 0.1) is 17.5 Å². The van der Waals surface area contributed by atoms with E-state index in [2.05, 4.69) is 23.8 Å². The zero-order valence-electron chi connectivity index (χ0n) is 19.4. The minimum absolute atomic E-state index is 0.0766. The number of rotatable bonds is 8. The molecule has 0 amide bonds. The van der Waals surface area contributed by atoms with Crippen molar-refractivity contribution in [3.8, 4) is 28.0 Å². The van der Waals surface area contributed by atoms with Gasteiger partial charge in [-0.25, -0.2) is 13.2 Å². The first-order chi connectivity index (χ1) is 16.7. The van der Waals surface area contributed by atoms with Crippen LogP contribution in [0.25, 0.3) is 22.3 Å². The van der Waals surface area contributed by atoms with Crippen molar-refractivity contribution >= 4 is 0 Å². The maximum atomic E-state index is 15.5. The van der Waals surface area contributed by atoms with Crippen LogP contribution < -0.4 is 4.74 Å². The Kier molecular flexibility index (Phi) is 7.43. The van der Waals surface area contributed by atoms with E-state index in [1.54, 1.807) is 6.07 Å². The van der Waals surface area contributed by atoms with Gasteiger partial charge in [0, 0.05) is 5.56 Å². The van der Waals surface area contributed by atoms with Gasteiger partial charge < -0.3 is 4.74 Å². The molecule has 0 N–H and O–H groups in total. The number of fused-ring (bicyclic) bond motifs is 3. The normalized spacial score (nSPS) is 12.9. The van der Waals surface area contributed by atoms with E-state index in [1.165, 1.54) is 37.3 Å². The van der Waals surface area contributed by atoms with Gasteiger partial charge in [-0.2, -0.15) is 0 Å². The first-order valence-electron chi connectivity index (χ1n) is 11.9. The molecule has 0 saturated heterocycles. The third kappa shape index (κ3) is 5.65. The predicted molar refractivity (Wildman–Crippen MR) is 124 cm³/mol. The largest absolute Gasteiger partial charge is 0.573 e. The molecule has 186 valence electrons. The maximum absolute atomic E-state index is 15.5. The Balaban J connectivity index is 1.60. The fourth-order valence-electron chi connectivity index (χ4n) is 4.73. The second kappa shape index (κ2) is 10.3. The van der Waals surface area contributed by atoms with Crippen LogP contribution in [0.4, 0.5) is 26.3 Å². The quantitative estimate of drug-likeness (QED) is 0.225. The molecule has 0 aromatic heterocycles. The topological polar surface area (TPSA) is 9.23 Å². The molecule has 35 heavy (non-hydrogen) atoms. The Hall–Kier alpha value is -2.96. The zero-order chi connectivity index (χ0) is 25.2. The maximum Gasteiger partial charge on any atom is 0.573 e. The Labute approximate surface area is 200 Å². The summed E-state index contributed by atoms with van der Waals surface area (Å²) < 4.78 is 84.5. The molecule has 0 unspecified atom stereocenters. The molecule has 3 aromatic carbocycles. The monoisotopic (exact) mass is 492 g/mol. The van der Waals surface area contributed by atoms with Gasteiger partial charge in [0.05, 0.1) is 0 Å². The Bertz CT molecular complexity index is 1190. The van der Waals surface area contributed by atoms with Gasteiger partial charge in [0.15, 0.2) is 11.6 Å². The Morgan fingerprint density at radius 2 is 1.43 bits per heavy atom. The first-order valence-corrected chi connectivity index (χ1v) is 11.9. The lowest BCUT2D eigenvalue weighted by Gasteiger charge is -2.23. The molecular weight excluding hydrogens is 466 g/mol. The number of ether oxygens (including phenoxy) is 1. The lowest BCUT2D eigenvalue weighted by molar-refractivity contribution is -0.276. The van der Waals surface area contributed by atoms with Crippen molar-refractivity contribution in [2.75, 3.05) is 0 Å². The number of hydrogen-bond acceptors (Lipinski definition) is 1. The van der Waals surface area contributed by atoms with Crippen molar-refractivity contribution in [2.45, 2.75) is 64.7 Å². The van der Waals surface area contributed by atoms with Crippen LogP contribution in [0.5, 0.6) is 5.75 Å². The fourth-order valence-corrected chi connectivity index (χ4v) is 4.73. The molecule has 7 heteroatoms. The minimum Gasteiger partial charge on any atom is -0.399 e. The molecule has 1 nitrogen and oxygen atoms in total. The second-order valence-electron chi connectivity index (χ2n) is 8.93. The van der Waals surface area contributed by atoms with Gasteiger partial charge >= 0.3 is 6.36 Å². The molecule has 0 saturated carbocycles. The molecule has 0 radical (unpaired) electrons. The summed E-state index contributed by atoms with van der Waals surface area (Å²) in [4.78, 5) is 0. The summed E-state index contributed by atoms with van der Waals surface area (Å²) in [5.74, 6) is -5.30. The SMILES string of the molecule is CCCCCCCc1ccc2c(c1)CCc1c-2ccc(-c2cc(F)c(OC(F)(F)F)c(F)c2)c1F. The molecule has 0 spiro atoms. The van der Waals surface area contributed by atoms with Crippen molar-refractivity contribution in [3.05, 3.63) is 76.6 Å². The molecule has 3 aromatic rings. The summed E-state index contributed by atoms with van der Waals surface area (Å²) in [5, 5.41) is 0. The van der Waals surface area contributed by atoms with Gasteiger partial charge in [-0.15, -0.1) is 13.2 Å². The van der Waals surface area contributed by atoms with E-state index in [-0.39, 0.29) is 11.1 Å². The smallest absolute Gasteiger partial charge is 0.399 e. The number of benzene rings is 3. The van der Waals surface area contributed by atoms with Crippen LogP contribution in [0.1, 0.15) is 55.7 Å². The van der Waals surface area contributed by atoms with E-state index < -0.39 is 29.6 Å². The van der Waals surface area contributed by atoms with Crippen molar-refractivity contribution in [2.24, 2.45) is 0 Å². The predicted octanol–water partition coefficient (Wildman–Crippen LogP) is 8.95. The highest BCUT2D eigenvalue weighted by Crippen LogP contribution is 2.40. The molecule has 1 aliphatic rings. The van der Waals surface area contributed by atoms with Gasteiger partial charge in [-0.3, -0.25) is 0 Å². The van der Waals surface area contributed by atoms with Crippen molar-refractivity contribution in [3.63, 3.8) is 0 Å². The van der Waals surface area contributed by atoms with E-state index >= 15 is 4.39 Å². The summed E-state index contributed by atoms with van der Waals surface area (Å²) in [6.45, 7) is 2.19. The van der Waals surface area contributed by atoms with Crippen LogP contribution in [0.3, 0.4) is 0 Å². The zero-order valence-corrected chi connectivity index (χ0v) is 19.4. The number of halogens is 6. The number of hydrogen-bond donors (Lipinski definition) is 0. The molecule has 0 fully saturated rings. The van der Waals surface area contributed by atoms with Gasteiger partial charge in [0.2, 0.25) is 5.75 Å². The highest BCUT2D eigenvalue weighted by atomic mass is 19.4. The third-order valence-electron chi connectivity index (χ3n) is 6.44. The van der Waals surface area contributed by atoms with Crippen LogP contribution in [-0.2, 0) is 19.3 Å².